The SMILES string of the molecule is NC[C@@H](CO)c1ccc(OC(F)(F)F)cc1. The third-order valence-electron chi connectivity index (χ3n) is 2.09. The number of ether oxygens (including phenoxy) is 1. The zero-order valence-corrected chi connectivity index (χ0v) is 8.37. The van der Waals surface area contributed by atoms with Crippen LogP contribution < -0.4 is 10.5 Å². The summed E-state index contributed by atoms with van der Waals surface area (Å²) in [6, 6.07) is 5.30. The minimum Gasteiger partial charge on any atom is -0.406 e. The normalized spacial score (nSPS) is 13.6. The molecule has 16 heavy (non-hydrogen) atoms. The van der Waals surface area contributed by atoms with Crippen LogP contribution in [0.4, 0.5) is 13.2 Å². The summed E-state index contributed by atoms with van der Waals surface area (Å²) in [6.45, 7) is 0.0892. The number of aliphatic hydroxyl groups excluding tert-OH is 1. The van der Waals surface area contributed by atoms with Gasteiger partial charge >= 0.3 is 6.36 Å². The van der Waals surface area contributed by atoms with Crippen LogP contribution in [0.5, 0.6) is 5.75 Å². The fourth-order valence-corrected chi connectivity index (χ4v) is 1.26. The van der Waals surface area contributed by atoms with E-state index in [1.165, 1.54) is 24.3 Å². The molecule has 0 aromatic heterocycles. The Morgan fingerprint density at radius 3 is 2.19 bits per heavy atom. The van der Waals surface area contributed by atoms with E-state index in [4.69, 9.17) is 10.8 Å². The Balaban J connectivity index is 2.75. The summed E-state index contributed by atoms with van der Waals surface area (Å²) >= 11 is 0. The molecule has 0 fully saturated rings. The lowest BCUT2D eigenvalue weighted by Gasteiger charge is -2.13. The van der Waals surface area contributed by atoms with Crippen LogP contribution in [0.15, 0.2) is 24.3 Å². The molecule has 1 atom stereocenters. The van der Waals surface area contributed by atoms with Crippen molar-refractivity contribution in [1.82, 2.24) is 0 Å². The highest BCUT2D eigenvalue weighted by atomic mass is 19.4. The van der Waals surface area contributed by atoms with Crippen molar-refractivity contribution in [3.05, 3.63) is 29.8 Å². The monoisotopic (exact) mass is 235 g/mol. The minimum absolute atomic E-state index is 0.143. The lowest BCUT2D eigenvalue weighted by Crippen LogP contribution is -2.18. The number of hydrogen-bond donors (Lipinski definition) is 2. The Morgan fingerprint density at radius 1 is 1.25 bits per heavy atom. The minimum atomic E-state index is -4.69. The number of rotatable bonds is 4. The van der Waals surface area contributed by atoms with E-state index in [0.29, 0.717) is 5.56 Å². The maximum absolute atomic E-state index is 11.9. The van der Waals surface area contributed by atoms with E-state index in [1.807, 2.05) is 0 Å². The molecule has 6 heteroatoms. The van der Waals surface area contributed by atoms with Gasteiger partial charge in [-0.2, -0.15) is 0 Å². The van der Waals surface area contributed by atoms with Gasteiger partial charge in [-0.05, 0) is 17.7 Å². The van der Waals surface area contributed by atoms with Crippen LogP contribution in [-0.2, 0) is 0 Å². The molecule has 0 saturated heterocycles. The fraction of sp³-hybridized carbons (Fsp3) is 0.400. The molecule has 0 radical (unpaired) electrons. The molecule has 0 bridgehead atoms. The molecular formula is C10H12F3NO2. The van der Waals surface area contributed by atoms with Gasteiger partial charge in [0.15, 0.2) is 0 Å². The average Bonchev–Trinajstić information content (AvgIpc) is 2.20. The molecule has 0 aliphatic carbocycles. The molecule has 1 aromatic rings. The largest absolute Gasteiger partial charge is 0.573 e. The van der Waals surface area contributed by atoms with Crippen LogP contribution in [0, 0.1) is 0 Å². The van der Waals surface area contributed by atoms with Gasteiger partial charge in [0.05, 0.1) is 6.61 Å². The van der Waals surface area contributed by atoms with E-state index in [2.05, 4.69) is 4.74 Å². The van der Waals surface area contributed by atoms with Crippen LogP contribution in [0.2, 0.25) is 0 Å². The fourth-order valence-electron chi connectivity index (χ4n) is 1.26. The second kappa shape index (κ2) is 5.18. The molecule has 90 valence electrons. The van der Waals surface area contributed by atoms with Crippen molar-refractivity contribution in [2.45, 2.75) is 12.3 Å². The molecule has 0 aliphatic rings. The summed E-state index contributed by atoms with van der Waals surface area (Å²) in [7, 11) is 0. The van der Waals surface area contributed by atoms with Crippen molar-refractivity contribution >= 4 is 0 Å². The number of aliphatic hydroxyl groups is 1. The van der Waals surface area contributed by atoms with E-state index in [-0.39, 0.29) is 24.8 Å². The zero-order chi connectivity index (χ0) is 12.2. The third-order valence-corrected chi connectivity index (χ3v) is 2.09. The lowest BCUT2D eigenvalue weighted by atomic mass is 10.0. The Labute approximate surface area is 90.6 Å². The van der Waals surface area contributed by atoms with Crippen LogP contribution in [0.1, 0.15) is 11.5 Å². The number of alkyl halides is 3. The standard InChI is InChI=1S/C10H12F3NO2/c11-10(12,13)16-9-3-1-7(2-4-9)8(5-14)6-15/h1-4,8,15H,5-6,14H2/t8-/m0/s1. The smallest absolute Gasteiger partial charge is 0.406 e. The third kappa shape index (κ3) is 3.71. The van der Waals surface area contributed by atoms with Crippen LogP contribution in [0.25, 0.3) is 0 Å². The van der Waals surface area contributed by atoms with Gasteiger partial charge in [-0.15, -0.1) is 13.2 Å². The summed E-state index contributed by atoms with van der Waals surface area (Å²) in [6.07, 6.45) is -4.69. The van der Waals surface area contributed by atoms with Gasteiger partial charge < -0.3 is 15.6 Å². The molecule has 0 heterocycles. The van der Waals surface area contributed by atoms with E-state index < -0.39 is 6.36 Å². The first kappa shape index (κ1) is 12.8. The number of halogens is 3. The van der Waals surface area contributed by atoms with E-state index in [1.54, 1.807) is 0 Å². The number of nitrogens with two attached hydrogens (primary N) is 1. The number of hydrogen-bond acceptors (Lipinski definition) is 3. The van der Waals surface area contributed by atoms with Crippen LogP contribution >= 0.6 is 0 Å². The topological polar surface area (TPSA) is 55.5 Å². The van der Waals surface area contributed by atoms with Crippen LogP contribution in [-0.4, -0.2) is 24.6 Å². The molecular weight excluding hydrogens is 223 g/mol. The first-order valence-electron chi connectivity index (χ1n) is 4.63. The highest BCUT2D eigenvalue weighted by molar-refractivity contribution is 5.29. The summed E-state index contributed by atoms with van der Waals surface area (Å²) in [4.78, 5) is 0. The van der Waals surface area contributed by atoms with Gasteiger partial charge in [0, 0.05) is 12.5 Å². The van der Waals surface area contributed by atoms with Gasteiger partial charge in [-0.25, -0.2) is 0 Å². The summed E-state index contributed by atoms with van der Waals surface area (Å²) in [5, 5.41) is 8.94. The van der Waals surface area contributed by atoms with Gasteiger partial charge in [0.2, 0.25) is 0 Å². The van der Waals surface area contributed by atoms with Gasteiger partial charge in [0.25, 0.3) is 0 Å². The lowest BCUT2D eigenvalue weighted by molar-refractivity contribution is -0.274. The van der Waals surface area contributed by atoms with Crippen molar-refractivity contribution in [2.24, 2.45) is 5.73 Å². The first-order chi connectivity index (χ1) is 7.46. The molecule has 0 spiro atoms. The van der Waals surface area contributed by atoms with Crippen LogP contribution in [0.3, 0.4) is 0 Å². The maximum atomic E-state index is 11.9. The summed E-state index contributed by atoms with van der Waals surface area (Å²) < 4.78 is 39.3. The molecule has 1 aromatic carbocycles. The molecule has 0 aliphatic heterocycles. The highest BCUT2D eigenvalue weighted by Crippen LogP contribution is 2.24. The van der Waals surface area contributed by atoms with E-state index >= 15 is 0 Å². The molecule has 0 unspecified atom stereocenters. The van der Waals surface area contributed by atoms with Crippen molar-refractivity contribution in [3.8, 4) is 5.75 Å². The molecule has 3 nitrogen and oxygen atoms in total. The van der Waals surface area contributed by atoms with E-state index in [0.717, 1.165) is 0 Å². The van der Waals surface area contributed by atoms with Crippen molar-refractivity contribution in [2.75, 3.05) is 13.2 Å². The molecule has 0 saturated carbocycles. The molecule has 3 N–H and O–H groups in total. The summed E-state index contributed by atoms with van der Waals surface area (Å²) in [5.41, 5.74) is 6.06. The van der Waals surface area contributed by atoms with Crippen molar-refractivity contribution in [1.29, 1.82) is 0 Å². The zero-order valence-electron chi connectivity index (χ0n) is 8.37. The maximum Gasteiger partial charge on any atom is 0.573 e. The molecule has 0 amide bonds. The number of benzene rings is 1. The average molecular weight is 235 g/mol. The second-order valence-electron chi connectivity index (χ2n) is 3.23. The second-order valence-corrected chi connectivity index (χ2v) is 3.23. The predicted molar refractivity (Wildman–Crippen MR) is 52.0 cm³/mol. The Bertz CT molecular complexity index is 320. The quantitative estimate of drug-likeness (QED) is 0.833. The highest BCUT2D eigenvalue weighted by Gasteiger charge is 2.31. The van der Waals surface area contributed by atoms with Gasteiger partial charge in [-0.3, -0.25) is 0 Å². The van der Waals surface area contributed by atoms with Gasteiger partial charge in [-0.1, -0.05) is 12.1 Å². The predicted octanol–water partition coefficient (Wildman–Crippen LogP) is 1.62. The van der Waals surface area contributed by atoms with E-state index in [9.17, 15) is 13.2 Å². The molecule has 1 rings (SSSR count). The Kier molecular flexibility index (Phi) is 4.14. The van der Waals surface area contributed by atoms with Gasteiger partial charge in [0.1, 0.15) is 5.75 Å². The summed E-state index contributed by atoms with van der Waals surface area (Å²) in [5.74, 6) is -0.551. The van der Waals surface area contributed by atoms with Crippen molar-refractivity contribution < 1.29 is 23.0 Å². The Hall–Kier alpha value is -1.27. The first-order valence-corrected chi connectivity index (χ1v) is 4.63. The Morgan fingerprint density at radius 2 is 1.81 bits per heavy atom. The van der Waals surface area contributed by atoms with Crippen molar-refractivity contribution in [3.63, 3.8) is 0 Å².